The van der Waals surface area contributed by atoms with Gasteiger partial charge in [0, 0.05) is 43.7 Å². The number of fused-ring (bicyclic) bond motifs is 1. The number of hydrogen-bond acceptors (Lipinski definition) is 6. The van der Waals surface area contributed by atoms with Crippen LogP contribution in [0.3, 0.4) is 0 Å². The molecule has 0 bridgehead atoms. The van der Waals surface area contributed by atoms with Gasteiger partial charge in [0.2, 0.25) is 5.91 Å². The van der Waals surface area contributed by atoms with Crippen LogP contribution in [0.2, 0.25) is 0 Å². The maximum absolute atomic E-state index is 14.1. The van der Waals surface area contributed by atoms with Gasteiger partial charge in [-0.2, -0.15) is 26.3 Å². The van der Waals surface area contributed by atoms with E-state index < -0.39 is 59.3 Å². The highest BCUT2D eigenvalue weighted by molar-refractivity contribution is 7.99. The van der Waals surface area contributed by atoms with Crippen LogP contribution in [0.15, 0.2) is 23.1 Å². The topological polar surface area (TPSA) is 76.2 Å². The lowest BCUT2D eigenvalue weighted by atomic mass is 9.78. The number of ether oxygens (including phenoxy) is 2. The highest BCUT2D eigenvalue weighted by Gasteiger charge is 2.57. The Kier molecular flexibility index (Phi) is 8.70. The summed E-state index contributed by atoms with van der Waals surface area (Å²) in [7, 11) is 0. The van der Waals surface area contributed by atoms with E-state index in [0.717, 1.165) is 24.0 Å². The number of carbonyl (C=O) groups excluding carboxylic acids is 3. The quantitative estimate of drug-likeness (QED) is 0.346. The zero-order valence-corrected chi connectivity index (χ0v) is 22.8. The van der Waals surface area contributed by atoms with Crippen molar-refractivity contribution in [2.75, 3.05) is 19.1 Å². The summed E-state index contributed by atoms with van der Waals surface area (Å²) in [6, 6.07) is 1.61. The summed E-state index contributed by atoms with van der Waals surface area (Å²) in [6.07, 6.45) is -10.4. The molecule has 0 spiro atoms. The number of rotatable bonds is 5. The molecule has 0 unspecified atom stereocenters. The zero-order valence-electron chi connectivity index (χ0n) is 21.9. The van der Waals surface area contributed by atoms with E-state index in [4.69, 9.17) is 9.47 Å². The third kappa shape index (κ3) is 6.22. The van der Waals surface area contributed by atoms with Crippen molar-refractivity contribution in [2.24, 2.45) is 5.41 Å². The molecule has 2 fully saturated rings. The van der Waals surface area contributed by atoms with E-state index in [9.17, 15) is 40.7 Å². The van der Waals surface area contributed by atoms with Gasteiger partial charge >= 0.3 is 24.2 Å². The molecule has 14 heteroatoms. The van der Waals surface area contributed by atoms with Gasteiger partial charge in [-0.15, -0.1) is 11.8 Å². The molecule has 0 N–H and O–H groups in total. The summed E-state index contributed by atoms with van der Waals surface area (Å²) >= 11 is 1.17. The van der Waals surface area contributed by atoms with E-state index >= 15 is 0 Å². The molecule has 1 saturated heterocycles. The smallest absolute Gasteiger partial charge is 0.462 e. The number of nitrogens with zero attached hydrogens (tertiary/aromatic N) is 2. The predicted octanol–water partition coefficient (Wildman–Crippen LogP) is 5.16. The van der Waals surface area contributed by atoms with Crippen LogP contribution in [0.1, 0.15) is 57.1 Å². The highest BCUT2D eigenvalue weighted by Crippen LogP contribution is 2.48. The molecule has 1 aromatic carbocycles. The Balaban J connectivity index is 1.65. The van der Waals surface area contributed by atoms with Gasteiger partial charge in [-0.05, 0) is 62.8 Å². The van der Waals surface area contributed by atoms with Crippen molar-refractivity contribution in [1.29, 1.82) is 0 Å². The fourth-order valence-corrected chi connectivity index (χ4v) is 6.97. The third-order valence-electron chi connectivity index (χ3n) is 7.94. The molecular formula is C26H30F6N2O5S. The maximum Gasteiger partial charge on any atom is 0.471 e. The van der Waals surface area contributed by atoms with Crippen molar-refractivity contribution >= 4 is 29.5 Å². The Morgan fingerprint density at radius 3 is 2.38 bits per heavy atom. The van der Waals surface area contributed by atoms with Gasteiger partial charge in [0.15, 0.2) is 0 Å². The van der Waals surface area contributed by atoms with E-state index in [1.165, 1.54) is 29.7 Å². The van der Waals surface area contributed by atoms with Gasteiger partial charge < -0.3 is 19.3 Å². The number of alkyl halides is 6. The minimum absolute atomic E-state index is 0.0341. The van der Waals surface area contributed by atoms with E-state index in [0.29, 0.717) is 10.5 Å². The molecule has 1 aliphatic carbocycles. The molecule has 1 saturated carbocycles. The van der Waals surface area contributed by atoms with Crippen LogP contribution in [-0.4, -0.2) is 71.0 Å². The Morgan fingerprint density at radius 1 is 1.10 bits per heavy atom. The lowest BCUT2D eigenvalue weighted by Gasteiger charge is -2.42. The molecule has 222 valence electrons. The Morgan fingerprint density at radius 2 is 1.77 bits per heavy atom. The van der Waals surface area contributed by atoms with Gasteiger partial charge in [-0.25, -0.2) is 0 Å². The van der Waals surface area contributed by atoms with Crippen molar-refractivity contribution < 1.29 is 50.2 Å². The van der Waals surface area contributed by atoms with Gasteiger partial charge in [0.1, 0.15) is 6.10 Å². The first-order valence-electron chi connectivity index (χ1n) is 12.9. The summed E-state index contributed by atoms with van der Waals surface area (Å²) in [5.74, 6) is -3.12. The van der Waals surface area contributed by atoms with Crippen molar-refractivity contribution in [3.63, 3.8) is 0 Å². The van der Waals surface area contributed by atoms with Crippen LogP contribution in [0.25, 0.3) is 0 Å². The van der Waals surface area contributed by atoms with Crippen molar-refractivity contribution in [2.45, 2.75) is 87.9 Å². The second kappa shape index (κ2) is 11.4. The first-order chi connectivity index (χ1) is 18.6. The van der Waals surface area contributed by atoms with E-state index in [1.807, 2.05) is 0 Å². The second-order valence-corrected chi connectivity index (χ2v) is 11.4. The lowest BCUT2D eigenvalue weighted by molar-refractivity contribution is -0.192. The third-order valence-corrected chi connectivity index (χ3v) is 9.09. The second-order valence-electron chi connectivity index (χ2n) is 10.5. The monoisotopic (exact) mass is 596 g/mol. The molecular weight excluding hydrogens is 566 g/mol. The average Bonchev–Trinajstić information content (AvgIpc) is 3.33. The first kappa shape index (κ1) is 30.5. The van der Waals surface area contributed by atoms with Crippen LogP contribution >= 0.6 is 11.8 Å². The largest absolute Gasteiger partial charge is 0.471 e. The molecule has 2 aliphatic heterocycles. The fraction of sp³-hybridized carbons (Fsp3) is 0.654. The maximum atomic E-state index is 14.1. The number of amides is 2. The molecule has 0 radical (unpaired) electrons. The molecule has 4 rings (SSSR count). The molecule has 0 aromatic heterocycles. The van der Waals surface area contributed by atoms with Crippen LogP contribution < -0.4 is 0 Å². The summed E-state index contributed by atoms with van der Waals surface area (Å²) in [6.45, 7) is 2.87. The summed E-state index contributed by atoms with van der Waals surface area (Å²) in [4.78, 5) is 41.3. The summed E-state index contributed by atoms with van der Waals surface area (Å²) in [5.41, 5.74) is -2.03. The van der Waals surface area contributed by atoms with Crippen LogP contribution in [0, 0.1) is 5.41 Å². The van der Waals surface area contributed by atoms with Gasteiger partial charge in [-0.1, -0.05) is 0 Å². The molecule has 7 nitrogen and oxygen atoms in total. The van der Waals surface area contributed by atoms with E-state index in [2.05, 4.69) is 0 Å². The SMILES string of the molecule is CC(=O)O[C@H](C)[C@]1(C(=O)N2CSc3ccc(C(F)(F)F)cc3C2)CC[C@@H](N(C(=O)C(F)(F)F)C2CCOCC2)C1. The normalized spacial score (nSPS) is 24.8. The van der Waals surface area contributed by atoms with Crippen molar-refractivity contribution in [1.82, 2.24) is 9.80 Å². The number of benzene rings is 1. The molecule has 2 amide bonds. The minimum Gasteiger partial charge on any atom is -0.462 e. The predicted molar refractivity (Wildman–Crippen MR) is 131 cm³/mol. The van der Waals surface area contributed by atoms with E-state index in [-0.39, 0.29) is 57.7 Å². The number of hydrogen-bond donors (Lipinski definition) is 0. The Hall–Kier alpha value is -2.48. The molecule has 2 heterocycles. The van der Waals surface area contributed by atoms with Crippen LogP contribution in [0.4, 0.5) is 26.3 Å². The molecule has 3 atom stereocenters. The van der Waals surface area contributed by atoms with Crippen LogP contribution in [0.5, 0.6) is 0 Å². The fourth-order valence-electron chi connectivity index (χ4n) is 5.99. The molecule has 3 aliphatic rings. The summed E-state index contributed by atoms with van der Waals surface area (Å²) in [5, 5.41) is 0. The number of halogens is 6. The lowest BCUT2D eigenvalue weighted by Crippen LogP contribution is -2.55. The standard InChI is InChI=1S/C26H30F6N2O5S/c1-15(39-16(2)35)24(22(36)33-13-17-11-18(25(27,28)29)3-4-21(17)40-14-33)8-5-20(12-24)34(23(37)26(30,31)32)19-6-9-38-10-7-19/h3-4,11,15,19-20H,5-10,12-14H2,1-2H3/t15-,20-,24+/m1/s1. The highest BCUT2D eigenvalue weighted by atomic mass is 32.2. The minimum atomic E-state index is -5.13. The average molecular weight is 597 g/mol. The Bertz CT molecular complexity index is 1140. The van der Waals surface area contributed by atoms with Gasteiger partial charge in [-0.3, -0.25) is 14.4 Å². The van der Waals surface area contributed by atoms with Crippen LogP contribution in [-0.2, 0) is 36.6 Å². The molecule has 40 heavy (non-hydrogen) atoms. The Labute approximate surface area is 231 Å². The first-order valence-corrected chi connectivity index (χ1v) is 13.9. The van der Waals surface area contributed by atoms with Gasteiger partial charge in [0.25, 0.3) is 0 Å². The van der Waals surface area contributed by atoms with Gasteiger partial charge in [0.05, 0.1) is 16.9 Å². The van der Waals surface area contributed by atoms with Crippen molar-refractivity contribution in [3.05, 3.63) is 29.3 Å². The summed E-state index contributed by atoms with van der Waals surface area (Å²) < 4.78 is 91.7. The number of carbonyl (C=O) groups is 3. The van der Waals surface area contributed by atoms with E-state index in [1.54, 1.807) is 0 Å². The molecule has 1 aromatic rings. The number of esters is 1. The zero-order chi connectivity index (χ0) is 29.5. The van der Waals surface area contributed by atoms with Crippen molar-refractivity contribution in [3.8, 4) is 0 Å². The number of thioether (sulfide) groups is 1.